The van der Waals surface area contributed by atoms with Gasteiger partial charge in [-0.05, 0) is 32.4 Å². The van der Waals surface area contributed by atoms with Gasteiger partial charge in [0.05, 0.1) is 5.01 Å². The third-order valence-electron chi connectivity index (χ3n) is 2.74. The molecule has 0 spiro atoms. The quantitative estimate of drug-likeness (QED) is 0.878. The van der Waals surface area contributed by atoms with Crippen LogP contribution in [-0.4, -0.2) is 22.5 Å². The highest BCUT2D eigenvalue weighted by molar-refractivity contribution is 8.00. The van der Waals surface area contributed by atoms with E-state index in [0.717, 1.165) is 16.8 Å². The van der Waals surface area contributed by atoms with Crippen LogP contribution in [-0.2, 0) is 0 Å². The first-order valence-corrected chi connectivity index (χ1v) is 7.39. The lowest BCUT2D eigenvalue weighted by Crippen LogP contribution is -2.25. The first kappa shape index (κ1) is 11.4. The van der Waals surface area contributed by atoms with Gasteiger partial charge in [0.15, 0.2) is 0 Å². The van der Waals surface area contributed by atoms with Crippen LogP contribution in [0.5, 0.6) is 0 Å². The van der Waals surface area contributed by atoms with Gasteiger partial charge in [-0.3, -0.25) is 0 Å². The third-order valence-corrected chi connectivity index (χ3v) is 5.24. The van der Waals surface area contributed by atoms with E-state index in [-0.39, 0.29) is 0 Å². The van der Waals surface area contributed by atoms with Crippen LogP contribution >= 0.6 is 23.1 Å². The second kappa shape index (κ2) is 5.32. The van der Waals surface area contributed by atoms with Crippen molar-refractivity contribution < 1.29 is 0 Å². The number of hydrogen-bond donors (Lipinski definition) is 1. The van der Waals surface area contributed by atoms with Crippen LogP contribution in [0.2, 0.25) is 0 Å². The van der Waals surface area contributed by atoms with Crippen molar-refractivity contribution in [1.82, 2.24) is 10.3 Å². The van der Waals surface area contributed by atoms with Crippen molar-refractivity contribution in [2.45, 2.75) is 38.0 Å². The van der Waals surface area contributed by atoms with Crippen LogP contribution in [0.25, 0.3) is 0 Å². The van der Waals surface area contributed by atoms with Crippen molar-refractivity contribution in [3.63, 3.8) is 0 Å². The molecule has 0 amide bonds. The molecule has 1 aliphatic rings. The van der Waals surface area contributed by atoms with E-state index in [1.54, 1.807) is 11.3 Å². The molecule has 84 valence electrons. The van der Waals surface area contributed by atoms with Crippen molar-refractivity contribution in [1.29, 1.82) is 0 Å². The molecule has 2 nitrogen and oxygen atoms in total. The summed E-state index contributed by atoms with van der Waals surface area (Å²) in [6.45, 7) is 5.43. The van der Waals surface area contributed by atoms with Gasteiger partial charge < -0.3 is 5.32 Å². The zero-order valence-corrected chi connectivity index (χ0v) is 11.0. The van der Waals surface area contributed by atoms with E-state index in [1.807, 2.05) is 6.20 Å². The predicted molar refractivity (Wildman–Crippen MR) is 68.7 cm³/mol. The lowest BCUT2D eigenvalue weighted by molar-refractivity contribution is 0.565. The molecule has 1 N–H and O–H groups in total. The Morgan fingerprint density at radius 1 is 1.67 bits per heavy atom. The monoisotopic (exact) mass is 242 g/mol. The van der Waals surface area contributed by atoms with E-state index in [0.29, 0.717) is 6.04 Å². The molecule has 1 saturated heterocycles. The molecule has 0 aromatic carbocycles. The highest BCUT2D eigenvalue weighted by atomic mass is 32.2. The summed E-state index contributed by atoms with van der Waals surface area (Å²) in [4.78, 5) is 5.65. The summed E-state index contributed by atoms with van der Waals surface area (Å²) in [6.07, 6.45) is 4.77. The molecule has 1 aliphatic heterocycles. The largest absolute Gasteiger partial charge is 0.308 e. The van der Waals surface area contributed by atoms with Gasteiger partial charge in [-0.25, -0.2) is 4.98 Å². The Morgan fingerprint density at radius 2 is 2.53 bits per heavy atom. The summed E-state index contributed by atoms with van der Waals surface area (Å²) >= 11 is 3.91. The van der Waals surface area contributed by atoms with Crippen molar-refractivity contribution >= 4 is 23.1 Å². The minimum Gasteiger partial charge on any atom is -0.308 e. The molecule has 0 aliphatic carbocycles. The van der Waals surface area contributed by atoms with Gasteiger partial charge in [0.1, 0.15) is 0 Å². The summed E-state index contributed by atoms with van der Waals surface area (Å²) in [5.74, 6) is 1.35. The molecule has 2 atom stereocenters. The maximum atomic E-state index is 4.29. The minimum atomic E-state index is 0.456. The van der Waals surface area contributed by atoms with E-state index in [9.17, 15) is 0 Å². The Bertz CT molecular complexity index is 305. The Kier molecular flexibility index (Phi) is 4.05. The topological polar surface area (TPSA) is 24.9 Å². The lowest BCUT2D eigenvalue weighted by Gasteiger charge is -2.14. The first-order chi connectivity index (χ1) is 7.25. The van der Waals surface area contributed by atoms with Gasteiger partial charge in [-0.15, -0.1) is 11.3 Å². The van der Waals surface area contributed by atoms with Crippen LogP contribution in [0.15, 0.2) is 6.20 Å². The summed E-state index contributed by atoms with van der Waals surface area (Å²) < 4.78 is 0. The maximum absolute atomic E-state index is 4.29. The highest BCUT2D eigenvalue weighted by Crippen LogP contribution is 2.26. The number of thiazole rings is 1. The van der Waals surface area contributed by atoms with E-state index in [1.165, 1.54) is 23.5 Å². The minimum absolute atomic E-state index is 0.456. The molecule has 4 heteroatoms. The molecule has 1 aromatic heterocycles. The molecule has 0 bridgehead atoms. The standard InChI is InChI=1S/C11H18N2S2/c1-8(11-7-13-9(2)15-11)12-6-10-4-3-5-14-10/h7-8,10,12H,3-6H2,1-2H3. The predicted octanol–water partition coefficient (Wildman–Crippen LogP) is 3.00. The van der Waals surface area contributed by atoms with Crippen molar-refractivity contribution in [2.24, 2.45) is 0 Å². The molecular formula is C11H18N2S2. The van der Waals surface area contributed by atoms with E-state index in [4.69, 9.17) is 0 Å². The average molecular weight is 242 g/mol. The van der Waals surface area contributed by atoms with Crippen LogP contribution in [0.1, 0.15) is 35.7 Å². The van der Waals surface area contributed by atoms with E-state index in [2.05, 4.69) is 35.9 Å². The van der Waals surface area contributed by atoms with Gasteiger partial charge in [0.2, 0.25) is 0 Å². The summed E-state index contributed by atoms with van der Waals surface area (Å²) in [7, 11) is 0. The molecule has 2 unspecified atom stereocenters. The lowest BCUT2D eigenvalue weighted by atomic mass is 10.2. The van der Waals surface area contributed by atoms with Crippen LogP contribution in [0.4, 0.5) is 0 Å². The molecule has 2 rings (SSSR count). The summed E-state index contributed by atoms with van der Waals surface area (Å²) in [6, 6.07) is 0.456. The van der Waals surface area contributed by atoms with Gasteiger partial charge >= 0.3 is 0 Å². The molecule has 15 heavy (non-hydrogen) atoms. The molecule has 1 aromatic rings. The Labute approximate surface area is 99.9 Å². The maximum Gasteiger partial charge on any atom is 0.0897 e. The second-order valence-electron chi connectivity index (χ2n) is 4.05. The van der Waals surface area contributed by atoms with Crippen molar-refractivity contribution in [2.75, 3.05) is 12.3 Å². The zero-order valence-electron chi connectivity index (χ0n) is 9.32. The zero-order chi connectivity index (χ0) is 10.7. The summed E-state index contributed by atoms with van der Waals surface area (Å²) in [5.41, 5.74) is 0. The number of rotatable bonds is 4. The Balaban J connectivity index is 1.79. The number of nitrogens with zero attached hydrogens (tertiary/aromatic N) is 1. The smallest absolute Gasteiger partial charge is 0.0897 e. The van der Waals surface area contributed by atoms with Crippen molar-refractivity contribution in [3.05, 3.63) is 16.1 Å². The van der Waals surface area contributed by atoms with Gasteiger partial charge in [-0.2, -0.15) is 11.8 Å². The molecule has 1 fully saturated rings. The molecule has 2 heterocycles. The number of nitrogens with one attached hydrogen (secondary N) is 1. The van der Waals surface area contributed by atoms with E-state index >= 15 is 0 Å². The first-order valence-electron chi connectivity index (χ1n) is 5.53. The van der Waals surface area contributed by atoms with Gasteiger partial charge in [0, 0.05) is 28.9 Å². The molecule has 0 saturated carbocycles. The Hall–Kier alpha value is -0.0600. The van der Waals surface area contributed by atoms with Crippen LogP contribution in [0.3, 0.4) is 0 Å². The van der Waals surface area contributed by atoms with Gasteiger partial charge in [-0.1, -0.05) is 0 Å². The number of aromatic nitrogens is 1. The SMILES string of the molecule is Cc1ncc(C(C)NCC2CCCS2)s1. The van der Waals surface area contributed by atoms with Crippen LogP contribution in [0, 0.1) is 6.92 Å². The normalized spacial score (nSPS) is 23.2. The third kappa shape index (κ3) is 3.20. The highest BCUT2D eigenvalue weighted by Gasteiger charge is 2.16. The van der Waals surface area contributed by atoms with Crippen LogP contribution < -0.4 is 5.32 Å². The fourth-order valence-corrected chi connectivity index (χ4v) is 3.82. The van der Waals surface area contributed by atoms with E-state index < -0.39 is 0 Å². The average Bonchev–Trinajstić information content (AvgIpc) is 2.84. The summed E-state index contributed by atoms with van der Waals surface area (Å²) in [5, 5.41) is 5.60. The Morgan fingerprint density at radius 3 is 3.13 bits per heavy atom. The number of hydrogen-bond acceptors (Lipinski definition) is 4. The number of thioether (sulfide) groups is 1. The number of aryl methyl sites for hydroxylation is 1. The second-order valence-corrected chi connectivity index (χ2v) is 6.72. The fourth-order valence-electron chi connectivity index (χ4n) is 1.79. The molecule has 0 radical (unpaired) electrons. The fraction of sp³-hybridized carbons (Fsp3) is 0.727. The van der Waals surface area contributed by atoms with Gasteiger partial charge in [0.25, 0.3) is 0 Å². The molecular weight excluding hydrogens is 224 g/mol. The van der Waals surface area contributed by atoms with Crippen molar-refractivity contribution in [3.8, 4) is 0 Å².